The van der Waals surface area contributed by atoms with E-state index in [2.05, 4.69) is 0 Å². The molecular formula is C17H28O5. The minimum Gasteiger partial charge on any atom is -0.496 e. The van der Waals surface area contributed by atoms with Crippen molar-refractivity contribution in [3.05, 3.63) is 29.3 Å². The van der Waals surface area contributed by atoms with Crippen LogP contribution in [-0.2, 0) is 0 Å². The molecule has 0 spiro atoms. The highest BCUT2D eigenvalue weighted by Gasteiger charge is 2.33. The van der Waals surface area contributed by atoms with Gasteiger partial charge in [0.25, 0.3) is 0 Å². The van der Waals surface area contributed by atoms with Crippen molar-refractivity contribution in [2.24, 2.45) is 10.8 Å². The summed E-state index contributed by atoms with van der Waals surface area (Å²) in [5, 5.41) is 39.9. The quantitative estimate of drug-likeness (QED) is 0.616. The van der Waals surface area contributed by atoms with Gasteiger partial charge in [-0.2, -0.15) is 0 Å². The molecule has 0 fully saturated rings. The van der Waals surface area contributed by atoms with Crippen LogP contribution in [0.15, 0.2) is 18.2 Å². The molecular weight excluding hydrogens is 284 g/mol. The van der Waals surface area contributed by atoms with Crippen LogP contribution in [0.4, 0.5) is 0 Å². The van der Waals surface area contributed by atoms with Gasteiger partial charge in [-0.15, -0.1) is 0 Å². The minimum absolute atomic E-state index is 0.166. The zero-order chi connectivity index (χ0) is 17.1. The molecule has 0 bridgehead atoms. The Bertz CT molecular complexity index is 496. The molecule has 0 heterocycles. The first-order valence-electron chi connectivity index (χ1n) is 7.36. The minimum atomic E-state index is -0.947. The summed E-state index contributed by atoms with van der Waals surface area (Å²) in [6.07, 6.45) is -1.83. The second-order valence-corrected chi connectivity index (χ2v) is 7.10. The first-order valence-corrected chi connectivity index (χ1v) is 7.36. The molecule has 5 heteroatoms. The Morgan fingerprint density at radius 2 is 1.45 bits per heavy atom. The summed E-state index contributed by atoms with van der Waals surface area (Å²) in [5.74, 6) is 0.492. The van der Waals surface area contributed by atoms with E-state index in [9.17, 15) is 20.4 Å². The number of methoxy groups -OCH3 is 1. The maximum atomic E-state index is 10.6. The smallest absolute Gasteiger partial charge is 0.124 e. The summed E-state index contributed by atoms with van der Waals surface area (Å²) in [5.41, 5.74) is -0.360. The lowest BCUT2D eigenvalue weighted by Gasteiger charge is -2.32. The van der Waals surface area contributed by atoms with Gasteiger partial charge in [-0.05, 0) is 17.7 Å². The average Bonchev–Trinajstić information content (AvgIpc) is 2.52. The summed E-state index contributed by atoms with van der Waals surface area (Å²) in [6.45, 7) is 6.66. The molecule has 1 aromatic carbocycles. The highest BCUT2D eigenvalue weighted by molar-refractivity contribution is 5.40. The number of aliphatic hydroxyl groups is 4. The SMILES string of the molecule is COc1ccc(C(O)C(C)(C)CO)cc1C(O)C(C)(C)CO. The second-order valence-electron chi connectivity index (χ2n) is 7.10. The number of rotatable bonds is 7. The molecule has 2 atom stereocenters. The van der Waals surface area contributed by atoms with Crippen molar-refractivity contribution in [2.75, 3.05) is 20.3 Å². The maximum Gasteiger partial charge on any atom is 0.124 e. The number of aliphatic hydroxyl groups excluding tert-OH is 4. The maximum absolute atomic E-state index is 10.6. The number of hydrogen-bond donors (Lipinski definition) is 4. The fourth-order valence-electron chi connectivity index (χ4n) is 2.18. The molecule has 0 aliphatic heterocycles. The number of hydrogen-bond acceptors (Lipinski definition) is 5. The molecule has 22 heavy (non-hydrogen) atoms. The van der Waals surface area contributed by atoms with E-state index in [-0.39, 0.29) is 13.2 Å². The average molecular weight is 312 g/mol. The summed E-state index contributed by atoms with van der Waals surface area (Å²) >= 11 is 0. The second kappa shape index (κ2) is 6.96. The summed E-state index contributed by atoms with van der Waals surface area (Å²) < 4.78 is 5.28. The van der Waals surface area contributed by atoms with Crippen LogP contribution in [0, 0.1) is 10.8 Å². The van der Waals surface area contributed by atoms with Crippen molar-refractivity contribution >= 4 is 0 Å². The Morgan fingerprint density at radius 3 is 1.91 bits per heavy atom. The molecule has 126 valence electrons. The Morgan fingerprint density at radius 1 is 0.955 bits per heavy atom. The summed E-state index contributed by atoms with van der Waals surface area (Å²) in [6, 6.07) is 5.06. The normalized spacial score (nSPS) is 15.5. The van der Waals surface area contributed by atoms with Gasteiger partial charge < -0.3 is 25.2 Å². The van der Waals surface area contributed by atoms with Crippen molar-refractivity contribution in [3.8, 4) is 5.75 Å². The van der Waals surface area contributed by atoms with Crippen molar-refractivity contribution in [1.82, 2.24) is 0 Å². The van der Waals surface area contributed by atoms with Gasteiger partial charge in [0.1, 0.15) is 5.75 Å². The van der Waals surface area contributed by atoms with Crippen LogP contribution in [0.3, 0.4) is 0 Å². The molecule has 0 aromatic heterocycles. The van der Waals surface area contributed by atoms with Crippen LogP contribution < -0.4 is 4.74 Å². The molecule has 0 aliphatic rings. The third kappa shape index (κ3) is 3.79. The predicted molar refractivity (Wildman–Crippen MR) is 84.6 cm³/mol. The molecule has 5 nitrogen and oxygen atoms in total. The van der Waals surface area contributed by atoms with E-state index in [0.717, 1.165) is 0 Å². The lowest BCUT2D eigenvalue weighted by molar-refractivity contribution is 0.00128. The predicted octanol–water partition coefficient (Wildman–Crippen LogP) is 1.80. The van der Waals surface area contributed by atoms with E-state index in [1.807, 2.05) is 0 Å². The van der Waals surface area contributed by atoms with Crippen molar-refractivity contribution in [2.45, 2.75) is 39.9 Å². The first kappa shape index (κ1) is 18.9. The standard InChI is InChI=1S/C17H28O5/c1-16(2,9-18)14(20)11-6-7-13(22-5)12(8-11)15(21)17(3,4)10-19/h6-8,14-15,18-21H,9-10H2,1-5H3. The molecule has 0 amide bonds. The van der Waals surface area contributed by atoms with Gasteiger partial charge in [-0.1, -0.05) is 33.8 Å². The Labute approximate surface area is 132 Å². The van der Waals surface area contributed by atoms with Crippen LogP contribution in [0.25, 0.3) is 0 Å². The lowest BCUT2D eigenvalue weighted by Crippen LogP contribution is -2.28. The molecule has 0 radical (unpaired) electrons. The van der Waals surface area contributed by atoms with Crippen molar-refractivity contribution in [1.29, 1.82) is 0 Å². The van der Waals surface area contributed by atoms with Gasteiger partial charge in [0, 0.05) is 16.4 Å². The zero-order valence-corrected chi connectivity index (χ0v) is 14.0. The summed E-state index contributed by atoms with van der Waals surface area (Å²) in [7, 11) is 1.51. The van der Waals surface area contributed by atoms with Gasteiger partial charge in [0.15, 0.2) is 0 Å². The Balaban J connectivity index is 3.31. The van der Waals surface area contributed by atoms with Gasteiger partial charge in [0.05, 0.1) is 32.5 Å². The third-order valence-electron chi connectivity index (χ3n) is 4.16. The number of benzene rings is 1. The molecule has 1 aromatic rings. The topological polar surface area (TPSA) is 90.2 Å². The molecule has 4 N–H and O–H groups in total. The molecule has 0 saturated heterocycles. The van der Waals surface area contributed by atoms with Crippen LogP contribution in [0.5, 0.6) is 5.75 Å². The number of ether oxygens (including phenoxy) is 1. The zero-order valence-electron chi connectivity index (χ0n) is 14.0. The van der Waals surface area contributed by atoms with Crippen LogP contribution >= 0.6 is 0 Å². The van der Waals surface area contributed by atoms with E-state index < -0.39 is 23.0 Å². The van der Waals surface area contributed by atoms with E-state index >= 15 is 0 Å². The highest BCUT2D eigenvalue weighted by Crippen LogP contribution is 2.40. The first-order chi connectivity index (χ1) is 10.1. The molecule has 1 rings (SSSR count). The third-order valence-corrected chi connectivity index (χ3v) is 4.16. The van der Waals surface area contributed by atoms with E-state index in [1.54, 1.807) is 45.9 Å². The van der Waals surface area contributed by atoms with Crippen molar-refractivity contribution in [3.63, 3.8) is 0 Å². The van der Waals surface area contributed by atoms with Gasteiger partial charge in [-0.3, -0.25) is 0 Å². The van der Waals surface area contributed by atoms with E-state index in [1.165, 1.54) is 7.11 Å². The van der Waals surface area contributed by atoms with Gasteiger partial charge >= 0.3 is 0 Å². The summed E-state index contributed by atoms with van der Waals surface area (Å²) in [4.78, 5) is 0. The van der Waals surface area contributed by atoms with Gasteiger partial charge in [-0.25, -0.2) is 0 Å². The highest BCUT2D eigenvalue weighted by atomic mass is 16.5. The van der Waals surface area contributed by atoms with Crippen molar-refractivity contribution < 1.29 is 25.2 Å². The largest absolute Gasteiger partial charge is 0.496 e. The fraction of sp³-hybridized carbons (Fsp3) is 0.647. The van der Waals surface area contributed by atoms with Crippen LogP contribution in [0.2, 0.25) is 0 Å². The van der Waals surface area contributed by atoms with E-state index in [4.69, 9.17) is 4.74 Å². The monoisotopic (exact) mass is 312 g/mol. The molecule has 2 unspecified atom stereocenters. The van der Waals surface area contributed by atoms with E-state index in [0.29, 0.717) is 16.9 Å². The van der Waals surface area contributed by atoms with Gasteiger partial charge in [0.2, 0.25) is 0 Å². The molecule has 0 saturated carbocycles. The van der Waals surface area contributed by atoms with Crippen LogP contribution in [-0.4, -0.2) is 40.7 Å². The molecule has 0 aliphatic carbocycles. The lowest BCUT2D eigenvalue weighted by atomic mass is 9.80. The Kier molecular flexibility index (Phi) is 5.98. The Hall–Kier alpha value is -1.14. The fourth-order valence-corrected chi connectivity index (χ4v) is 2.18. The van der Waals surface area contributed by atoms with Crippen LogP contribution in [0.1, 0.15) is 51.0 Å².